The van der Waals surface area contributed by atoms with Gasteiger partial charge >= 0.3 is 0 Å². The van der Waals surface area contributed by atoms with Crippen LogP contribution in [0, 0.1) is 0 Å². The lowest BCUT2D eigenvalue weighted by Crippen LogP contribution is -2.40. The molecule has 0 bridgehead atoms. The second kappa shape index (κ2) is 7.92. The molecular weight excluding hydrogens is 316 g/mol. The van der Waals surface area contributed by atoms with E-state index in [2.05, 4.69) is 22.3 Å². The first kappa shape index (κ1) is 17.1. The van der Waals surface area contributed by atoms with Crippen LogP contribution in [-0.4, -0.2) is 39.3 Å². The van der Waals surface area contributed by atoms with Crippen LogP contribution in [0.1, 0.15) is 23.2 Å². The third-order valence-corrected chi connectivity index (χ3v) is 4.61. The Morgan fingerprint density at radius 1 is 1.12 bits per heavy atom. The maximum atomic E-state index is 12.6. The Bertz CT molecular complexity index is 718. The van der Waals surface area contributed by atoms with Crippen LogP contribution in [0.3, 0.4) is 0 Å². The van der Waals surface area contributed by atoms with Crippen molar-refractivity contribution in [2.24, 2.45) is 0 Å². The van der Waals surface area contributed by atoms with Crippen molar-refractivity contribution in [2.45, 2.75) is 18.9 Å². The molecule has 5 nitrogen and oxygen atoms in total. The zero-order valence-corrected chi connectivity index (χ0v) is 14.7. The topological polar surface area (TPSA) is 50.8 Å². The van der Waals surface area contributed by atoms with Crippen molar-refractivity contribution in [3.63, 3.8) is 0 Å². The molecule has 1 fully saturated rings. The minimum atomic E-state index is -0.143. The van der Waals surface area contributed by atoms with Gasteiger partial charge in [0.15, 0.2) is 11.5 Å². The molecule has 0 spiro atoms. The number of hydrogen-bond donors (Lipinski definition) is 1. The summed E-state index contributed by atoms with van der Waals surface area (Å²) in [7, 11) is 3.11. The molecule has 1 aliphatic heterocycles. The fraction of sp³-hybridized carbons (Fsp3) is 0.350. The summed E-state index contributed by atoms with van der Waals surface area (Å²) in [5.74, 6) is 0.881. The predicted molar refractivity (Wildman–Crippen MR) is 98.7 cm³/mol. The van der Waals surface area contributed by atoms with Gasteiger partial charge in [0.2, 0.25) is 0 Å². The van der Waals surface area contributed by atoms with E-state index in [-0.39, 0.29) is 5.91 Å². The van der Waals surface area contributed by atoms with E-state index in [1.807, 2.05) is 18.2 Å². The van der Waals surface area contributed by atoms with Crippen LogP contribution in [0.15, 0.2) is 48.5 Å². The molecule has 1 saturated heterocycles. The summed E-state index contributed by atoms with van der Waals surface area (Å²) in [6.45, 7) is 1.63. The Hall–Kier alpha value is -2.69. The fourth-order valence-corrected chi connectivity index (χ4v) is 3.38. The van der Waals surface area contributed by atoms with Crippen molar-refractivity contribution < 1.29 is 14.3 Å². The first-order valence-corrected chi connectivity index (χ1v) is 8.55. The standard InChI is InChI=1S/C20H24N2O3/c1-24-18-12-6-11-17(19(18)25-2)20(23)21-14-16-10-7-13-22(16)15-8-4-3-5-9-15/h3-6,8-9,11-12,16H,7,10,13-14H2,1-2H3,(H,21,23). The Morgan fingerprint density at radius 2 is 1.92 bits per heavy atom. The maximum Gasteiger partial charge on any atom is 0.255 e. The second-order valence-electron chi connectivity index (χ2n) is 6.08. The number of amides is 1. The molecule has 1 aliphatic rings. The van der Waals surface area contributed by atoms with Gasteiger partial charge in [-0.05, 0) is 37.1 Å². The van der Waals surface area contributed by atoms with Gasteiger partial charge < -0.3 is 19.7 Å². The highest BCUT2D eigenvalue weighted by Crippen LogP contribution is 2.30. The highest BCUT2D eigenvalue weighted by atomic mass is 16.5. The van der Waals surface area contributed by atoms with E-state index in [9.17, 15) is 4.79 Å². The monoisotopic (exact) mass is 340 g/mol. The summed E-state index contributed by atoms with van der Waals surface area (Å²) in [5.41, 5.74) is 1.70. The number of methoxy groups -OCH3 is 2. The molecule has 2 aromatic carbocycles. The van der Waals surface area contributed by atoms with Gasteiger partial charge in [0.1, 0.15) is 0 Å². The molecule has 132 valence electrons. The quantitative estimate of drug-likeness (QED) is 0.878. The number of ether oxygens (including phenoxy) is 2. The van der Waals surface area contributed by atoms with Crippen LogP contribution in [0.5, 0.6) is 11.5 Å². The first-order valence-electron chi connectivity index (χ1n) is 8.55. The number of carbonyl (C=O) groups is 1. The van der Waals surface area contributed by atoms with Crippen LogP contribution >= 0.6 is 0 Å². The Balaban J connectivity index is 1.68. The number of anilines is 1. The molecule has 1 unspecified atom stereocenters. The lowest BCUT2D eigenvalue weighted by atomic mass is 10.1. The molecule has 0 radical (unpaired) electrons. The van der Waals surface area contributed by atoms with Crippen LogP contribution < -0.4 is 19.7 Å². The lowest BCUT2D eigenvalue weighted by Gasteiger charge is -2.27. The zero-order valence-electron chi connectivity index (χ0n) is 14.7. The van der Waals surface area contributed by atoms with E-state index in [4.69, 9.17) is 9.47 Å². The van der Waals surface area contributed by atoms with Crippen molar-refractivity contribution in [1.82, 2.24) is 5.32 Å². The maximum absolute atomic E-state index is 12.6. The summed E-state index contributed by atoms with van der Waals surface area (Å²) < 4.78 is 10.6. The van der Waals surface area contributed by atoms with Crippen LogP contribution in [0.25, 0.3) is 0 Å². The number of carbonyl (C=O) groups excluding carboxylic acids is 1. The number of nitrogens with one attached hydrogen (secondary N) is 1. The Morgan fingerprint density at radius 3 is 2.64 bits per heavy atom. The van der Waals surface area contributed by atoms with E-state index in [1.54, 1.807) is 32.4 Å². The molecule has 2 aromatic rings. The molecule has 3 rings (SSSR count). The third-order valence-electron chi connectivity index (χ3n) is 4.61. The zero-order chi connectivity index (χ0) is 17.6. The van der Waals surface area contributed by atoms with Crippen molar-refractivity contribution in [2.75, 3.05) is 32.2 Å². The van der Waals surface area contributed by atoms with Gasteiger partial charge in [-0.25, -0.2) is 0 Å². The molecule has 0 saturated carbocycles. The number of rotatable bonds is 6. The lowest BCUT2D eigenvalue weighted by molar-refractivity contribution is 0.0947. The predicted octanol–water partition coefficient (Wildman–Crippen LogP) is 3.10. The molecule has 1 amide bonds. The van der Waals surface area contributed by atoms with Gasteiger partial charge in [-0.15, -0.1) is 0 Å². The van der Waals surface area contributed by atoms with Gasteiger partial charge in [-0.3, -0.25) is 4.79 Å². The number of hydrogen-bond acceptors (Lipinski definition) is 4. The van der Waals surface area contributed by atoms with E-state index in [0.717, 1.165) is 19.4 Å². The average Bonchev–Trinajstić information content (AvgIpc) is 3.14. The van der Waals surface area contributed by atoms with Crippen molar-refractivity contribution in [3.8, 4) is 11.5 Å². The average molecular weight is 340 g/mol. The number of benzene rings is 2. The second-order valence-corrected chi connectivity index (χ2v) is 6.08. The van der Waals surface area contributed by atoms with Gasteiger partial charge in [0, 0.05) is 24.8 Å². The summed E-state index contributed by atoms with van der Waals surface area (Å²) in [6.07, 6.45) is 2.21. The minimum absolute atomic E-state index is 0.143. The van der Waals surface area contributed by atoms with Crippen molar-refractivity contribution in [3.05, 3.63) is 54.1 Å². The van der Waals surface area contributed by atoms with E-state index < -0.39 is 0 Å². The molecule has 0 aromatic heterocycles. The third kappa shape index (κ3) is 3.71. The number of nitrogens with zero attached hydrogens (tertiary/aromatic N) is 1. The summed E-state index contributed by atoms with van der Waals surface area (Å²) >= 11 is 0. The SMILES string of the molecule is COc1cccc(C(=O)NCC2CCCN2c2ccccc2)c1OC. The van der Waals surface area contributed by atoms with E-state index in [1.165, 1.54) is 5.69 Å². The molecule has 5 heteroatoms. The van der Waals surface area contributed by atoms with E-state index in [0.29, 0.717) is 29.6 Å². The normalized spacial score (nSPS) is 16.6. The highest BCUT2D eigenvalue weighted by molar-refractivity contribution is 5.97. The summed E-state index contributed by atoms with van der Waals surface area (Å²) in [4.78, 5) is 15.0. The van der Waals surface area contributed by atoms with Crippen LogP contribution in [0.2, 0.25) is 0 Å². The summed E-state index contributed by atoms with van der Waals surface area (Å²) in [6, 6.07) is 16.0. The van der Waals surface area contributed by atoms with Crippen molar-refractivity contribution >= 4 is 11.6 Å². The Kier molecular flexibility index (Phi) is 5.43. The molecule has 0 aliphatic carbocycles. The van der Waals surface area contributed by atoms with Crippen LogP contribution in [0.4, 0.5) is 5.69 Å². The van der Waals surface area contributed by atoms with Gasteiger partial charge in [0.05, 0.1) is 19.8 Å². The molecular formula is C20H24N2O3. The molecule has 1 atom stereocenters. The minimum Gasteiger partial charge on any atom is -0.493 e. The highest BCUT2D eigenvalue weighted by Gasteiger charge is 2.25. The Labute approximate surface area is 148 Å². The molecule has 1 N–H and O–H groups in total. The van der Waals surface area contributed by atoms with Gasteiger partial charge in [-0.2, -0.15) is 0 Å². The van der Waals surface area contributed by atoms with Crippen molar-refractivity contribution in [1.29, 1.82) is 0 Å². The smallest absolute Gasteiger partial charge is 0.255 e. The van der Waals surface area contributed by atoms with Crippen LogP contribution in [-0.2, 0) is 0 Å². The molecule has 1 heterocycles. The molecule has 25 heavy (non-hydrogen) atoms. The summed E-state index contributed by atoms with van der Waals surface area (Å²) in [5, 5.41) is 3.05. The fourth-order valence-electron chi connectivity index (χ4n) is 3.38. The van der Waals surface area contributed by atoms with Gasteiger partial charge in [-0.1, -0.05) is 24.3 Å². The largest absolute Gasteiger partial charge is 0.493 e. The van der Waals surface area contributed by atoms with E-state index >= 15 is 0 Å². The first-order chi connectivity index (χ1) is 12.2. The van der Waals surface area contributed by atoms with Gasteiger partial charge in [0.25, 0.3) is 5.91 Å². The number of para-hydroxylation sites is 2.